The van der Waals surface area contributed by atoms with Crippen molar-refractivity contribution in [2.45, 2.75) is 68.3 Å². The maximum atomic E-state index is 14.5. The van der Waals surface area contributed by atoms with Crippen LogP contribution in [0.25, 0.3) is 0 Å². The summed E-state index contributed by atoms with van der Waals surface area (Å²) < 4.78 is 12.2. The quantitative estimate of drug-likeness (QED) is 0.161. The number of unbranched alkanes of at least 4 members (excludes halogenated alkanes) is 1. The van der Waals surface area contributed by atoms with E-state index in [2.05, 4.69) is 29.1 Å². The van der Waals surface area contributed by atoms with Crippen LogP contribution >= 0.6 is 15.9 Å². The number of rotatable bonds is 13. The van der Waals surface area contributed by atoms with Crippen molar-refractivity contribution in [1.82, 2.24) is 9.80 Å². The highest BCUT2D eigenvalue weighted by molar-refractivity contribution is 9.09. The van der Waals surface area contributed by atoms with Gasteiger partial charge in [0.1, 0.15) is 11.6 Å². The largest absolute Gasteiger partial charge is 0.465 e. The molecule has 1 N–H and O–H groups in total. The van der Waals surface area contributed by atoms with Gasteiger partial charge in [-0.15, -0.1) is 13.2 Å². The molecule has 4 rings (SSSR count). The van der Waals surface area contributed by atoms with Crippen molar-refractivity contribution in [3.05, 3.63) is 61.2 Å². The lowest BCUT2D eigenvalue weighted by atomic mass is 9.70. The van der Waals surface area contributed by atoms with Crippen LogP contribution in [0.15, 0.2) is 55.6 Å². The predicted octanol–water partition coefficient (Wildman–Crippen LogP) is 3.48. The molecule has 3 saturated heterocycles. The normalized spacial score (nSPS) is 29.8. The molecule has 3 aliphatic rings. The van der Waals surface area contributed by atoms with E-state index in [-0.39, 0.29) is 42.3 Å². The number of nitrogens with zero attached hydrogens (tertiary/aromatic N) is 2. The molecular weight excluding hydrogens is 564 g/mol. The van der Waals surface area contributed by atoms with E-state index < -0.39 is 41.6 Å². The first-order chi connectivity index (χ1) is 18.7. The van der Waals surface area contributed by atoms with Gasteiger partial charge in [0.2, 0.25) is 11.8 Å². The number of carbonyl (C=O) groups is 3. The van der Waals surface area contributed by atoms with E-state index >= 15 is 0 Å². The highest BCUT2D eigenvalue weighted by Crippen LogP contribution is 2.61. The van der Waals surface area contributed by atoms with Crippen molar-refractivity contribution in [1.29, 1.82) is 0 Å². The van der Waals surface area contributed by atoms with E-state index in [0.29, 0.717) is 25.8 Å². The van der Waals surface area contributed by atoms with Gasteiger partial charge in [-0.2, -0.15) is 0 Å². The summed E-state index contributed by atoms with van der Waals surface area (Å²) in [7, 11) is 0. The van der Waals surface area contributed by atoms with Gasteiger partial charge in [0.25, 0.3) is 0 Å². The lowest BCUT2D eigenvalue weighted by Crippen LogP contribution is -2.59. The maximum absolute atomic E-state index is 14.5. The van der Waals surface area contributed by atoms with E-state index in [4.69, 9.17) is 9.47 Å². The van der Waals surface area contributed by atoms with Gasteiger partial charge in [0.15, 0.2) is 0 Å². The first-order valence-corrected chi connectivity index (χ1v) is 14.6. The summed E-state index contributed by atoms with van der Waals surface area (Å²) in [4.78, 5) is 45.0. The highest BCUT2D eigenvalue weighted by atomic mass is 79.9. The monoisotopic (exact) mass is 602 g/mol. The Morgan fingerprint density at radius 1 is 1.28 bits per heavy atom. The van der Waals surface area contributed by atoms with Gasteiger partial charge in [-0.25, -0.2) is 0 Å². The Labute approximate surface area is 239 Å². The number of likely N-dealkylation sites (tertiary alicyclic amines) is 1. The third-order valence-electron chi connectivity index (χ3n) is 8.22. The van der Waals surface area contributed by atoms with Crippen LogP contribution in [0.3, 0.4) is 0 Å². The first kappa shape index (κ1) is 29.5. The number of aliphatic hydroxyl groups excluding tert-OH is 1. The summed E-state index contributed by atoms with van der Waals surface area (Å²) in [6.07, 6.45) is 4.58. The number of carbonyl (C=O) groups excluding carboxylic acids is 3. The number of ether oxygens (including phenoxy) is 2. The van der Waals surface area contributed by atoms with Crippen molar-refractivity contribution in [2.24, 2.45) is 17.8 Å². The van der Waals surface area contributed by atoms with Crippen LogP contribution in [0.1, 0.15) is 38.7 Å². The molecule has 7 atom stereocenters. The summed E-state index contributed by atoms with van der Waals surface area (Å²) in [6, 6.07) is 8.01. The minimum Gasteiger partial charge on any atom is -0.465 e. The number of halogens is 1. The van der Waals surface area contributed by atoms with Crippen molar-refractivity contribution < 1.29 is 29.0 Å². The Morgan fingerprint density at radius 3 is 2.62 bits per heavy atom. The number of hydrogen-bond acceptors (Lipinski definition) is 6. The molecule has 1 aromatic carbocycles. The van der Waals surface area contributed by atoms with E-state index in [0.717, 1.165) is 5.56 Å². The molecule has 9 heteroatoms. The molecule has 3 fully saturated rings. The summed E-state index contributed by atoms with van der Waals surface area (Å²) in [5.41, 5.74) is -0.271. The molecule has 1 spiro atoms. The van der Waals surface area contributed by atoms with Crippen LogP contribution < -0.4 is 0 Å². The standard InChI is InChI=1S/C30H39BrN2O6/c1-5-7-11-15-38-29(37)23-24-27(35)33(22(18-34)19(3)4)26(30(24)16-21(31)25(23)39-30)28(36)32(14-6-2)17-20-12-9-8-10-13-20/h5-6,8-10,12-13,19,21-26,34H,1-2,7,11,14-18H2,3-4H3/t21?,22-,23+,24-,25+,26?,30?/m0/s1. The minimum absolute atomic E-state index is 0.132. The molecule has 2 amide bonds. The van der Waals surface area contributed by atoms with Gasteiger partial charge in [0, 0.05) is 17.9 Å². The minimum atomic E-state index is -1.21. The Bertz CT molecular complexity index is 1080. The zero-order chi connectivity index (χ0) is 28.3. The number of allylic oxidation sites excluding steroid dienone is 1. The second kappa shape index (κ2) is 12.4. The lowest BCUT2D eigenvalue weighted by Gasteiger charge is -2.40. The number of aliphatic hydroxyl groups is 1. The number of amides is 2. The van der Waals surface area contributed by atoms with Gasteiger partial charge in [-0.1, -0.05) is 72.3 Å². The average molecular weight is 604 g/mol. The van der Waals surface area contributed by atoms with E-state index in [9.17, 15) is 19.5 Å². The van der Waals surface area contributed by atoms with E-state index in [1.165, 1.54) is 4.90 Å². The Kier molecular flexibility index (Phi) is 9.34. The molecule has 3 aliphatic heterocycles. The first-order valence-electron chi connectivity index (χ1n) is 13.7. The summed E-state index contributed by atoms with van der Waals surface area (Å²) in [5, 5.41) is 10.4. The molecule has 0 saturated carbocycles. The summed E-state index contributed by atoms with van der Waals surface area (Å²) in [6.45, 7) is 11.9. The highest BCUT2D eigenvalue weighted by Gasteiger charge is 2.77. The third-order valence-corrected chi connectivity index (χ3v) is 9.07. The van der Waals surface area contributed by atoms with Crippen LogP contribution in [0.2, 0.25) is 0 Å². The van der Waals surface area contributed by atoms with Crippen molar-refractivity contribution in [2.75, 3.05) is 19.8 Å². The van der Waals surface area contributed by atoms with E-state index in [1.54, 1.807) is 17.1 Å². The summed E-state index contributed by atoms with van der Waals surface area (Å²) in [5.74, 6) is -2.95. The molecular formula is C30H39BrN2O6. The molecule has 212 valence electrons. The molecule has 3 heterocycles. The Hall–Kier alpha value is -2.49. The van der Waals surface area contributed by atoms with Crippen LogP contribution in [0.4, 0.5) is 0 Å². The molecule has 1 aromatic rings. The fourth-order valence-electron chi connectivity index (χ4n) is 6.46. The van der Waals surface area contributed by atoms with Gasteiger partial charge < -0.3 is 24.4 Å². The van der Waals surface area contributed by atoms with Crippen molar-refractivity contribution in [3.63, 3.8) is 0 Å². The molecule has 2 bridgehead atoms. The zero-order valence-corrected chi connectivity index (χ0v) is 24.3. The topological polar surface area (TPSA) is 96.4 Å². The Morgan fingerprint density at radius 2 is 2.00 bits per heavy atom. The number of hydrogen-bond donors (Lipinski definition) is 1. The maximum Gasteiger partial charge on any atom is 0.312 e. The molecule has 3 unspecified atom stereocenters. The van der Waals surface area contributed by atoms with Gasteiger partial charge >= 0.3 is 5.97 Å². The van der Waals surface area contributed by atoms with Gasteiger partial charge in [0.05, 0.1) is 37.2 Å². The third kappa shape index (κ3) is 5.33. The summed E-state index contributed by atoms with van der Waals surface area (Å²) >= 11 is 3.68. The fourth-order valence-corrected chi connectivity index (χ4v) is 7.40. The zero-order valence-electron chi connectivity index (χ0n) is 22.7. The molecule has 0 radical (unpaired) electrons. The Balaban J connectivity index is 1.74. The van der Waals surface area contributed by atoms with Crippen LogP contribution in [-0.4, -0.2) is 81.1 Å². The van der Waals surface area contributed by atoms with Gasteiger partial charge in [-0.3, -0.25) is 14.4 Å². The lowest BCUT2D eigenvalue weighted by molar-refractivity contribution is -0.157. The SMILES string of the molecule is C=CCCCOC(=O)[C@H]1[C@@H]2OC3(CC2Br)C(C(=O)N(CC=C)Cc2ccccc2)N([C@@H](CO)C(C)C)C(=O)[C@H]13. The fraction of sp³-hybridized carbons (Fsp3) is 0.567. The van der Waals surface area contributed by atoms with Crippen molar-refractivity contribution in [3.8, 4) is 0 Å². The second-order valence-corrected chi connectivity index (χ2v) is 12.2. The molecule has 0 aliphatic carbocycles. The van der Waals surface area contributed by atoms with E-state index in [1.807, 2.05) is 44.2 Å². The molecule has 39 heavy (non-hydrogen) atoms. The average Bonchev–Trinajstić information content (AvgIpc) is 3.50. The number of benzene rings is 1. The van der Waals surface area contributed by atoms with Crippen molar-refractivity contribution >= 4 is 33.7 Å². The van der Waals surface area contributed by atoms with Crippen LogP contribution in [-0.2, 0) is 30.4 Å². The molecule has 0 aromatic heterocycles. The molecule has 8 nitrogen and oxygen atoms in total. The smallest absolute Gasteiger partial charge is 0.312 e. The number of esters is 1. The number of alkyl halides is 1. The van der Waals surface area contributed by atoms with Gasteiger partial charge in [-0.05, 0) is 30.7 Å². The predicted molar refractivity (Wildman–Crippen MR) is 151 cm³/mol. The van der Waals surface area contributed by atoms with Crippen LogP contribution in [0.5, 0.6) is 0 Å². The second-order valence-electron chi connectivity index (χ2n) is 11.0. The van der Waals surface area contributed by atoms with Crippen LogP contribution in [0, 0.1) is 17.8 Å². The number of fused-ring (bicyclic) bond motifs is 1.